The highest BCUT2D eigenvalue weighted by atomic mass is 35.5. The minimum absolute atomic E-state index is 0. The van der Waals surface area contributed by atoms with Gasteiger partial charge in [0.2, 0.25) is 0 Å². The molecule has 0 fully saturated rings. The summed E-state index contributed by atoms with van der Waals surface area (Å²) in [6.45, 7) is 0. The van der Waals surface area contributed by atoms with Crippen LogP contribution < -0.4 is 0 Å². The third-order valence-electron chi connectivity index (χ3n) is 0.456. The number of hydrogen-bond acceptors (Lipinski definition) is 3. The van der Waals surface area contributed by atoms with Gasteiger partial charge in [0, 0.05) is 0 Å². The van der Waals surface area contributed by atoms with Crippen LogP contribution in [0.3, 0.4) is 0 Å². The third kappa shape index (κ3) is 3.89. The Morgan fingerprint density at radius 2 is 1.80 bits per heavy atom. The molecule has 0 aromatic rings. The average molecular weight is 211 g/mol. The Kier molecular flexibility index (Phi) is 5.01. The van der Waals surface area contributed by atoms with Gasteiger partial charge in [0.1, 0.15) is 0 Å². The van der Waals surface area contributed by atoms with Crippen molar-refractivity contribution in [2.75, 3.05) is 0 Å². The second-order valence-corrected chi connectivity index (χ2v) is 3.37. The predicted octanol–water partition coefficient (Wildman–Crippen LogP) is -0.0545. The Morgan fingerprint density at radius 3 is 1.80 bits per heavy atom. The van der Waals surface area contributed by atoms with Crippen molar-refractivity contribution in [3.05, 3.63) is 0 Å². The summed E-state index contributed by atoms with van der Waals surface area (Å²) in [5.41, 5.74) is 0. The number of aliphatic carboxylic acids is 1. The molecule has 0 aliphatic rings. The summed E-state index contributed by atoms with van der Waals surface area (Å²) >= 11 is 4.65. The van der Waals surface area contributed by atoms with Crippen LogP contribution in [0.5, 0.6) is 0 Å². The smallest absolute Gasteiger partial charge is 0.339 e. The normalized spacial score (nSPS) is 13.4. The molecule has 0 aromatic heterocycles. The van der Waals surface area contributed by atoms with Gasteiger partial charge in [-0.05, 0) is 0 Å². The highest BCUT2D eigenvalue weighted by molar-refractivity contribution is 7.88. The van der Waals surface area contributed by atoms with Crippen molar-refractivity contribution in [1.29, 1.82) is 0 Å². The molecular formula is C2H4Cl2O5S. The van der Waals surface area contributed by atoms with Crippen LogP contribution in [0.2, 0.25) is 0 Å². The van der Waals surface area contributed by atoms with Crippen molar-refractivity contribution in [1.82, 2.24) is 0 Å². The molecule has 62 valence electrons. The van der Waals surface area contributed by atoms with Crippen molar-refractivity contribution in [2.45, 2.75) is 4.71 Å². The summed E-state index contributed by atoms with van der Waals surface area (Å²) in [6, 6.07) is 0. The second kappa shape index (κ2) is 3.97. The van der Waals surface area contributed by atoms with Gasteiger partial charge in [0.05, 0.1) is 0 Å². The molecule has 0 aliphatic heterocycles. The zero-order valence-corrected chi connectivity index (χ0v) is 6.78. The van der Waals surface area contributed by atoms with Gasteiger partial charge in [-0.1, -0.05) is 11.6 Å². The van der Waals surface area contributed by atoms with E-state index in [4.69, 9.17) is 9.66 Å². The first-order chi connectivity index (χ1) is 3.85. The van der Waals surface area contributed by atoms with Gasteiger partial charge in [-0.15, -0.1) is 12.4 Å². The maximum atomic E-state index is 9.82. The summed E-state index contributed by atoms with van der Waals surface area (Å²) in [4.78, 5) is 9.67. The number of carboxylic acid groups (broad SMARTS) is 1. The largest absolute Gasteiger partial charge is 0.479 e. The third-order valence-corrected chi connectivity index (χ3v) is 2.04. The first-order valence-electron chi connectivity index (χ1n) is 1.69. The minimum Gasteiger partial charge on any atom is -0.479 e. The summed E-state index contributed by atoms with van der Waals surface area (Å²) in [6.07, 6.45) is 0. The molecule has 0 saturated carbocycles. The highest BCUT2D eigenvalue weighted by Crippen LogP contribution is 2.02. The fourth-order valence-corrected chi connectivity index (χ4v) is 0.382. The van der Waals surface area contributed by atoms with Gasteiger partial charge < -0.3 is 5.11 Å². The van der Waals surface area contributed by atoms with Crippen LogP contribution in [-0.2, 0) is 14.9 Å². The van der Waals surface area contributed by atoms with Crippen LogP contribution in [0.25, 0.3) is 0 Å². The topological polar surface area (TPSA) is 91.7 Å². The minimum atomic E-state index is -4.64. The molecule has 0 heterocycles. The fourth-order valence-electron chi connectivity index (χ4n) is 0.127. The monoisotopic (exact) mass is 210 g/mol. The highest BCUT2D eigenvalue weighted by Gasteiger charge is 2.27. The van der Waals surface area contributed by atoms with E-state index in [1.54, 1.807) is 0 Å². The molecule has 0 rings (SSSR count). The average Bonchev–Trinajstić information content (AvgIpc) is 1.62. The molecule has 0 aromatic carbocycles. The molecule has 1 unspecified atom stereocenters. The van der Waals surface area contributed by atoms with E-state index >= 15 is 0 Å². The Hall–Kier alpha value is -0.0400. The maximum absolute atomic E-state index is 9.82. The van der Waals surface area contributed by atoms with Crippen LogP contribution in [0, 0.1) is 0 Å². The van der Waals surface area contributed by atoms with Crippen molar-refractivity contribution in [2.24, 2.45) is 0 Å². The lowest BCUT2D eigenvalue weighted by atomic mass is 10.8. The molecule has 10 heavy (non-hydrogen) atoms. The summed E-state index contributed by atoms with van der Waals surface area (Å²) in [5.74, 6) is -1.79. The molecule has 5 nitrogen and oxygen atoms in total. The molecule has 0 amide bonds. The van der Waals surface area contributed by atoms with Gasteiger partial charge in [0.25, 0.3) is 14.8 Å². The van der Waals surface area contributed by atoms with Crippen molar-refractivity contribution < 1.29 is 22.9 Å². The Labute approximate surface area is 68.1 Å². The number of hydrogen-bond donors (Lipinski definition) is 2. The number of alkyl halides is 1. The van der Waals surface area contributed by atoms with E-state index in [2.05, 4.69) is 11.6 Å². The number of carbonyl (C=O) groups is 1. The summed E-state index contributed by atoms with van der Waals surface area (Å²) in [7, 11) is -4.64. The zero-order chi connectivity index (χ0) is 7.65. The Balaban J connectivity index is 0. The zero-order valence-electron chi connectivity index (χ0n) is 4.39. The molecule has 0 saturated heterocycles. The molecular weight excluding hydrogens is 207 g/mol. The lowest BCUT2D eigenvalue weighted by Crippen LogP contribution is -2.23. The second-order valence-electron chi connectivity index (χ2n) is 1.17. The van der Waals surface area contributed by atoms with Crippen LogP contribution in [-0.4, -0.2) is 28.8 Å². The number of rotatable bonds is 2. The SMILES string of the molecule is Cl.O=C(O)C(Cl)S(=O)(=O)O. The molecule has 0 spiro atoms. The van der Waals surface area contributed by atoms with Gasteiger partial charge in [0.15, 0.2) is 0 Å². The van der Waals surface area contributed by atoms with Crippen molar-refractivity contribution in [3.8, 4) is 0 Å². The van der Waals surface area contributed by atoms with Gasteiger partial charge in [-0.25, -0.2) is 4.79 Å². The van der Waals surface area contributed by atoms with E-state index in [0.717, 1.165) is 0 Å². The Bertz CT molecular complexity index is 208. The Morgan fingerprint density at radius 1 is 1.50 bits per heavy atom. The number of carboxylic acids is 1. The fraction of sp³-hybridized carbons (Fsp3) is 0.500. The van der Waals surface area contributed by atoms with Gasteiger partial charge in [-0.2, -0.15) is 8.42 Å². The first-order valence-corrected chi connectivity index (χ1v) is 3.63. The molecule has 0 radical (unpaired) electrons. The standard InChI is InChI=1S/C2H3ClO5S.ClH/c3-1(2(4)5)9(6,7)8;/h1H,(H,4,5)(H,6,7,8);1H. The van der Waals surface area contributed by atoms with Crippen molar-refractivity contribution in [3.63, 3.8) is 0 Å². The van der Waals surface area contributed by atoms with E-state index in [1.165, 1.54) is 0 Å². The van der Waals surface area contributed by atoms with E-state index < -0.39 is 20.8 Å². The quantitative estimate of drug-likeness (QED) is 0.493. The van der Waals surface area contributed by atoms with Crippen LogP contribution >= 0.6 is 24.0 Å². The van der Waals surface area contributed by atoms with Crippen LogP contribution in [0.1, 0.15) is 0 Å². The maximum Gasteiger partial charge on any atom is 0.339 e. The van der Waals surface area contributed by atoms with E-state index in [1.807, 2.05) is 0 Å². The van der Waals surface area contributed by atoms with Gasteiger partial charge in [-0.3, -0.25) is 4.55 Å². The van der Waals surface area contributed by atoms with E-state index in [0.29, 0.717) is 0 Å². The van der Waals surface area contributed by atoms with Crippen molar-refractivity contribution >= 4 is 40.1 Å². The van der Waals surface area contributed by atoms with Crippen LogP contribution in [0.15, 0.2) is 0 Å². The molecule has 2 N–H and O–H groups in total. The number of halogens is 2. The lowest BCUT2D eigenvalue weighted by Gasteiger charge is -1.96. The molecule has 0 bridgehead atoms. The summed E-state index contributed by atoms with van der Waals surface area (Å²) < 4.78 is 25.3. The molecule has 0 aliphatic carbocycles. The van der Waals surface area contributed by atoms with E-state index in [-0.39, 0.29) is 12.4 Å². The molecule has 1 atom stereocenters. The van der Waals surface area contributed by atoms with E-state index in [9.17, 15) is 13.2 Å². The van der Waals surface area contributed by atoms with Gasteiger partial charge >= 0.3 is 5.97 Å². The predicted molar refractivity (Wildman–Crippen MR) is 36.1 cm³/mol. The van der Waals surface area contributed by atoms with Crippen LogP contribution in [0.4, 0.5) is 0 Å². The lowest BCUT2D eigenvalue weighted by molar-refractivity contribution is -0.135. The molecule has 8 heteroatoms. The summed E-state index contributed by atoms with van der Waals surface area (Å²) in [5, 5.41) is 7.85. The first kappa shape index (κ1) is 12.6.